The highest BCUT2D eigenvalue weighted by Gasteiger charge is 2.37. The van der Waals surface area contributed by atoms with Gasteiger partial charge in [0.1, 0.15) is 17.5 Å². The van der Waals surface area contributed by atoms with Crippen LogP contribution in [-0.2, 0) is 17.1 Å². The predicted octanol–water partition coefficient (Wildman–Crippen LogP) is 3.89. The Morgan fingerprint density at radius 1 is 0.971 bits per heavy atom. The zero-order valence-corrected chi connectivity index (χ0v) is 18.0. The molecule has 0 radical (unpaired) electrons. The van der Waals surface area contributed by atoms with Crippen LogP contribution in [0.1, 0.15) is 17.0 Å². The number of anilines is 3. The van der Waals surface area contributed by atoms with Crippen LogP contribution in [0.5, 0.6) is 0 Å². The van der Waals surface area contributed by atoms with Crippen molar-refractivity contribution in [2.24, 2.45) is 0 Å². The van der Waals surface area contributed by atoms with Gasteiger partial charge in [0.25, 0.3) is 0 Å². The average Bonchev–Trinajstić information content (AvgIpc) is 2.75. The van der Waals surface area contributed by atoms with Crippen molar-refractivity contribution in [2.45, 2.75) is 19.3 Å². The molecule has 0 atom stereocenters. The van der Waals surface area contributed by atoms with E-state index in [0.717, 1.165) is 0 Å². The molecule has 1 aliphatic rings. The summed E-state index contributed by atoms with van der Waals surface area (Å²) >= 11 is 0. The number of nitrogens with zero attached hydrogens (tertiary/aromatic N) is 3. The summed E-state index contributed by atoms with van der Waals surface area (Å²) in [5, 5.41) is 7.36. The third kappa shape index (κ3) is 7.10. The van der Waals surface area contributed by atoms with Crippen LogP contribution in [0, 0.1) is 6.92 Å². The van der Waals surface area contributed by atoms with Crippen LogP contribution in [0.3, 0.4) is 0 Å². The number of morpholine rings is 1. The first-order valence-corrected chi connectivity index (χ1v) is 10.2. The lowest BCUT2D eigenvalue weighted by molar-refractivity contribution is -0.143. The number of nitrogens with one attached hydrogen (secondary N) is 3. The summed E-state index contributed by atoms with van der Waals surface area (Å²) in [6.07, 6.45) is -10.0. The van der Waals surface area contributed by atoms with Crippen molar-refractivity contribution in [2.75, 3.05) is 54.9 Å². The third-order valence-electron chi connectivity index (χ3n) is 4.72. The van der Waals surface area contributed by atoms with Gasteiger partial charge in [0, 0.05) is 37.9 Å². The topological polar surface area (TPSA) is 91.4 Å². The van der Waals surface area contributed by atoms with Crippen LogP contribution >= 0.6 is 0 Å². The highest BCUT2D eigenvalue weighted by molar-refractivity contribution is 5.89. The number of ether oxygens (including phenoxy) is 1. The number of rotatable bonds is 6. The van der Waals surface area contributed by atoms with Gasteiger partial charge in [-0.15, -0.1) is 0 Å². The summed E-state index contributed by atoms with van der Waals surface area (Å²) in [6.45, 7) is 4.48. The van der Waals surface area contributed by atoms with Gasteiger partial charge in [-0.25, -0.2) is 14.8 Å². The predicted molar refractivity (Wildman–Crippen MR) is 112 cm³/mol. The highest BCUT2D eigenvalue weighted by Crippen LogP contribution is 2.37. The van der Waals surface area contributed by atoms with Crippen molar-refractivity contribution in [3.8, 4) is 0 Å². The number of aromatic nitrogens is 2. The Morgan fingerprint density at radius 2 is 1.59 bits per heavy atom. The summed E-state index contributed by atoms with van der Waals surface area (Å²) < 4.78 is 82.9. The Balaban J connectivity index is 1.55. The second-order valence-corrected chi connectivity index (χ2v) is 7.36. The Hall–Kier alpha value is -3.29. The molecule has 0 spiro atoms. The number of amides is 2. The lowest BCUT2D eigenvalue weighted by atomic mass is 10.1. The summed E-state index contributed by atoms with van der Waals surface area (Å²) in [7, 11) is 0. The number of hydrogen-bond donors (Lipinski definition) is 3. The second kappa shape index (κ2) is 10.3. The van der Waals surface area contributed by atoms with Crippen LogP contribution in [0.15, 0.2) is 24.3 Å². The van der Waals surface area contributed by atoms with Gasteiger partial charge in [-0.05, 0) is 25.1 Å². The molecule has 0 saturated carbocycles. The average molecular weight is 492 g/mol. The minimum atomic E-state index is -5.01. The van der Waals surface area contributed by atoms with E-state index in [-0.39, 0.29) is 19.2 Å². The molecule has 14 heteroatoms. The smallest absolute Gasteiger partial charge is 0.378 e. The van der Waals surface area contributed by atoms with Gasteiger partial charge in [0.05, 0.1) is 24.3 Å². The Morgan fingerprint density at radius 3 is 2.18 bits per heavy atom. The molecule has 0 aliphatic carbocycles. The Labute approximate surface area is 190 Å². The molecule has 34 heavy (non-hydrogen) atoms. The van der Waals surface area contributed by atoms with Gasteiger partial charge in [-0.1, -0.05) is 0 Å². The number of aryl methyl sites for hydroxylation is 1. The summed E-state index contributed by atoms with van der Waals surface area (Å²) in [5.74, 6) is 1.75. The molecule has 1 aromatic carbocycles. The molecule has 0 bridgehead atoms. The van der Waals surface area contributed by atoms with E-state index in [1.807, 2.05) is 10.2 Å². The van der Waals surface area contributed by atoms with Crippen molar-refractivity contribution in [3.05, 3.63) is 41.2 Å². The maximum Gasteiger partial charge on any atom is 0.416 e. The molecule has 1 aliphatic heterocycles. The third-order valence-corrected chi connectivity index (χ3v) is 4.72. The molecule has 186 valence electrons. The van der Waals surface area contributed by atoms with Crippen molar-refractivity contribution in [3.63, 3.8) is 0 Å². The second-order valence-electron chi connectivity index (χ2n) is 7.36. The number of urea groups is 1. The van der Waals surface area contributed by atoms with Crippen LogP contribution in [-0.4, -0.2) is 55.4 Å². The number of carbonyl (C=O) groups is 1. The maximum absolute atomic E-state index is 12.9. The Kier molecular flexibility index (Phi) is 7.69. The van der Waals surface area contributed by atoms with Crippen LogP contribution in [0.25, 0.3) is 0 Å². The number of halogens is 6. The minimum absolute atomic E-state index is 0.0120. The van der Waals surface area contributed by atoms with Gasteiger partial charge in [-0.3, -0.25) is 0 Å². The molecule has 1 saturated heterocycles. The minimum Gasteiger partial charge on any atom is -0.378 e. The molecule has 2 aromatic rings. The first-order chi connectivity index (χ1) is 15.9. The molecule has 0 unspecified atom stereocenters. The molecule has 3 rings (SSSR count). The van der Waals surface area contributed by atoms with E-state index in [0.29, 0.717) is 55.9 Å². The van der Waals surface area contributed by atoms with Gasteiger partial charge in [0.2, 0.25) is 0 Å². The molecule has 2 amide bonds. The van der Waals surface area contributed by atoms with Crippen molar-refractivity contribution in [1.82, 2.24) is 15.3 Å². The first-order valence-electron chi connectivity index (χ1n) is 10.2. The van der Waals surface area contributed by atoms with Gasteiger partial charge in [0.15, 0.2) is 0 Å². The lowest BCUT2D eigenvalue weighted by Gasteiger charge is -2.28. The monoisotopic (exact) mass is 492 g/mol. The van der Waals surface area contributed by atoms with E-state index >= 15 is 0 Å². The van der Waals surface area contributed by atoms with Gasteiger partial charge >= 0.3 is 18.4 Å². The zero-order valence-electron chi connectivity index (χ0n) is 18.0. The van der Waals surface area contributed by atoms with Crippen molar-refractivity contribution >= 4 is 23.4 Å². The molecule has 1 aromatic heterocycles. The number of alkyl halides is 6. The summed E-state index contributed by atoms with van der Waals surface area (Å²) in [6, 6.07) is 1.64. The fraction of sp³-hybridized carbons (Fsp3) is 0.450. The van der Waals surface area contributed by atoms with Gasteiger partial charge < -0.3 is 25.6 Å². The number of hydrogen-bond acceptors (Lipinski definition) is 6. The maximum atomic E-state index is 12.9. The summed E-state index contributed by atoms with van der Waals surface area (Å²) in [5.41, 5.74) is -3.67. The van der Waals surface area contributed by atoms with Crippen LogP contribution in [0.2, 0.25) is 0 Å². The van der Waals surface area contributed by atoms with Crippen molar-refractivity contribution < 1.29 is 35.9 Å². The molecular formula is C20H22F6N6O2. The molecule has 3 N–H and O–H groups in total. The van der Waals surface area contributed by atoms with Gasteiger partial charge in [-0.2, -0.15) is 26.3 Å². The molecule has 1 fully saturated rings. The number of carbonyl (C=O) groups excluding carboxylic acids is 1. The summed E-state index contributed by atoms with van der Waals surface area (Å²) in [4.78, 5) is 22.7. The molecular weight excluding hydrogens is 470 g/mol. The Bertz CT molecular complexity index is 976. The SMILES string of the molecule is Cc1nc(NCCNC(=O)Nc2cc(C(F)(F)F)cc(C(F)(F)F)c2)cc(N2CCOCC2)n1. The van der Waals surface area contributed by atoms with E-state index < -0.39 is 35.2 Å². The normalized spacial score (nSPS) is 14.6. The van der Waals surface area contributed by atoms with E-state index in [2.05, 4.69) is 20.6 Å². The fourth-order valence-corrected chi connectivity index (χ4v) is 3.17. The van der Waals surface area contributed by atoms with Crippen LogP contribution in [0.4, 0.5) is 48.5 Å². The number of benzene rings is 1. The fourth-order valence-electron chi connectivity index (χ4n) is 3.17. The quantitative estimate of drug-likeness (QED) is 0.419. The molecule has 8 nitrogen and oxygen atoms in total. The highest BCUT2D eigenvalue weighted by atomic mass is 19.4. The standard InChI is InChI=1S/C20H22F6N6O2/c1-12-29-16(11-17(30-12)32-4-6-34-7-5-32)27-2-3-28-18(33)31-15-9-13(19(21,22)23)8-14(10-15)20(24,25)26/h8-11H,2-7H2,1H3,(H,27,29,30)(H2,28,31,33). The van der Waals surface area contributed by atoms with Crippen LogP contribution < -0.4 is 20.9 Å². The molecule has 2 heterocycles. The van der Waals surface area contributed by atoms with Crippen molar-refractivity contribution in [1.29, 1.82) is 0 Å². The zero-order chi connectivity index (χ0) is 24.9. The van der Waals surface area contributed by atoms with E-state index in [4.69, 9.17) is 4.74 Å². The largest absolute Gasteiger partial charge is 0.416 e. The van der Waals surface area contributed by atoms with E-state index in [9.17, 15) is 31.1 Å². The lowest BCUT2D eigenvalue weighted by Crippen LogP contribution is -2.37. The first kappa shape index (κ1) is 25.3. The van der Waals surface area contributed by atoms with E-state index in [1.165, 1.54) is 0 Å². The van der Waals surface area contributed by atoms with E-state index in [1.54, 1.807) is 13.0 Å².